The van der Waals surface area contributed by atoms with Gasteiger partial charge in [0.25, 0.3) is 0 Å². The Morgan fingerprint density at radius 3 is 2.70 bits per heavy atom. The normalized spacial score (nSPS) is 9.40. The Morgan fingerprint density at radius 2 is 2.20 bits per heavy atom. The van der Waals surface area contributed by atoms with Crippen LogP contribution in [0.5, 0.6) is 0 Å². The van der Waals surface area contributed by atoms with E-state index in [1.807, 2.05) is 0 Å². The van der Waals surface area contributed by atoms with Crippen molar-refractivity contribution in [1.29, 1.82) is 0 Å². The predicted molar refractivity (Wildman–Crippen MR) is 35.9 cm³/mol. The minimum Gasteiger partial charge on any atom is -0.285 e. The molecule has 0 saturated heterocycles. The Labute approximate surface area is 58.5 Å². The standard InChI is InChI=1S/C8H6FO/c1-6-3-2-4-7(5-10)8(6)9/h2-4H,1H3. The number of hydrogen-bond acceptors (Lipinski definition) is 1. The van der Waals surface area contributed by atoms with Gasteiger partial charge in [-0.2, -0.15) is 0 Å². The van der Waals surface area contributed by atoms with Gasteiger partial charge in [-0.1, -0.05) is 12.1 Å². The van der Waals surface area contributed by atoms with Crippen LogP contribution in [-0.2, 0) is 4.79 Å². The van der Waals surface area contributed by atoms with E-state index in [0.29, 0.717) is 5.56 Å². The smallest absolute Gasteiger partial charge is 0.236 e. The first kappa shape index (κ1) is 6.93. The van der Waals surface area contributed by atoms with Crippen LogP contribution in [0, 0.1) is 12.7 Å². The molecule has 1 nitrogen and oxygen atoms in total. The predicted octanol–water partition coefficient (Wildman–Crippen LogP) is 1.59. The molecule has 0 spiro atoms. The monoisotopic (exact) mass is 137 g/mol. The van der Waals surface area contributed by atoms with Crippen molar-refractivity contribution in [2.75, 3.05) is 0 Å². The van der Waals surface area contributed by atoms with Crippen molar-refractivity contribution < 1.29 is 9.18 Å². The van der Waals surface area contributed by atoms with Crippen LogP contribution in [0.4, 0.5) is 4.39 Å². The van der Waals surface area contributed by atoms with E-state index in [4.69, 9.17) is 0 Å². The van der Waals surface area contributed by atoms with E-state index >= 15 is 0 Å². The third kappa shape index (κ3) is 1.05. The van der Waals surface area contributed by atoms with Gasteiger partial charge in [0.1, 0.15) is 5.82 Å². The fourth-order valence-electron chi connectivity index (χ4n) is 0.726. The van der Waals surface area contributed by atoms with Crippen LogP contribution in [0.25, 0.3) is 0 Å². The van der Waals surface area contributed by atoms with Crippen LogP contribution >= 0.6 is 0 Å². The Hall–Kier alpha value is -1.18. The second kappa shape index (κ2) is 2.60. The van der Waals surface area contributed by atoms with E-state index in [-0.39, 0.29) is 5.56 Å². The molecule has 51 valence electrons. The molecule has 2 heteroatoms. The average molecular weight is 137 g/mol. The number of carbonyl (C=O) groups excluding carboxylic acids is 1. The molecule has 1 radical (unpaired) electrons. The van der Waals surface area contributed by atoms with E-state index in [1.54, 1.807) is 19.1 Å². The topological polar surface area (TPSA) is 17.1 Å². The van der Waals surface area contributed by atoms with E-state index in [1.165, 1.54) is 12.4 Å². The number of hydrogen-bond donors (Lipinski definition) is 0. The molecular formula is C8H6FO. The van der Waals surface area contributed by atoms with Gasteiger partial charge in [0.05, 0.1) is 5.56 Å². The van der Waals surface area contributed by atoms with Gasteiger partial charge in [0.2, 0.25) is 6.29 Å². The van der Waals surface area contributed by atoms with Crippen LogP contribution in [-0.4, -0.2) is 6.29 Å². The SMILES string of the molecule is Cc1cccc([C]=O)c1F. The lowest BCUT2D eigenvalue weighted by atomic mass is 10.1. The Morgan fingerprint density at radius 1 is 1.50 bits per heavy atom. The van der Waals surface area contributed by atoms with E-state index in [0.717, 1.165) is 0 Å². The van der Waals surface area contributed by atoms with Crippen molar-refractivity contribution in [3.63, 3.8) is 0 Å². The highest BCUT2D eigenvalue weighted by molar-refractivity contribution is 5.75. The van der Waals surface area contributed by atoms with Crippen molar-refractivity contribution in [1.82, 2.24) is 0 Å². The largest absolute Gasteiger partial charge is 0.285 e. The van der Waals surface area contributed by atoms with Gasteiger partial charge < -0.3 is 0 Å². The maximum atomic E-state index is 12.7. The number of halogens is 1. The average Bonchev–Trinajstić information content (AvgIpc) is 1.95. The van der Waals surface area contributed by atoms with Crippen LogP contribution in [0.15, 0.2) is 18.2 Å². The van der Waals surface area contributed by atoms with Crippen LogP contribution in [0.3, 0.4) is 0 Å². The zero-order valence-electron chi connectivity index (χ0n) is 5.52. The molecule has 0 saturated carbocycles. The van der Waals surface area contributed by atoms with Gasteiger partial charge in [-0.25, -0.2) is 4.39 Å². The highest BCUT2D eigenvalue weighted by Gasteiger charge is 2.01. The van der Waals surface area contributed by atoms with Gasteiger partial charge in [-0.3, -0.25) is 4.79 Å². The summed E-state index contributed by atoms with van der Waals surface area (Å²) in [6.45, 7) is 1.61. The Balaban J connectivity index is 3.27. The lowest BCUT2D eigenvalue weighted by Crippen LogP contribution is -1.89. The summed E-state index contributed by atoms with van der Waals surface area (Å²) in [5.41, 5.74) is 0.473. The molecule has 0 amide bonds. The highest BCUT2D eigenvalue weighted by atomic mass is 19.1. The molecule has 1 aromatic carbocycles. The number of aryl methyl sites for hydroxylation is 1. The first-order valence-corrected chi connectivity index (χ1v) is 2.89. The Kier molecular flexibility index (Phi) is 1.81. The molecule has 0 unspecified atom stereocenters. The maximum Gasteiger partial charge on any atom is 0.236 e. The fourth-order valence-corrected chi connectivity index (χ4v) is 0.726. The number of benzene rings is 1. The molecule has 0 aromatic heterocycles. The molecule has 0 N–H and O–H groups in total. The molecule has 10 heavy (non-hydrogen) atoms. The summed E-state index contributed by atoms with van der Waals surface area (Å²) in [6, 6.07) is 4.63. The van der Waals surface area contributed by atoms with Gasteiger partial charge in [0.15, 0.2) is 0 Å². The van der Waals surface area contributed by atoms with Crippen LogP contribution in [0.2, 0.25) is 0 Å². The molecule has 0 fully saturated rings. The van der Waals surface area contributed by atoms with Crippen LogP contribution < -0.4 is 0 Å². The summed E-state index contributed by atoms with van der Waals surface area (Å²) in [5.74, 6) is -0.475. The maximum absolute atomic E-state index is 12.7. The third-order valence-corrected chi connectivity index (χ3v) is 1.30. The molecule has 0 bridgehead atoms. The first-order chi connectivity index (χ1) is 4.75. The lowest BCUT2D eigenvalue weighted by molar-refractivity contribution is 0.555. The highest BCUT2D eigenvalue weighted by Crippen LogP contribution is 2.08. The summed E-state index contributed by atoms with van der Waals surface area (Å²) in [4.78, 5) is 10.0. The summed E-state index contributed by atoms with van der Waals surface area (Å²) < 4.78 is 12.7. The minimum atomic E-state index is -0.475. The second-order valence-electron chi connectivity index (χ2n) is 2.04. The van der Waals surface area contributed by atoms with Gasteiger partial charge in [0, 0.05) is 0 Å². The van der Waals surface area contributed by atoms with Crippen molar-refractivity contribution in [2.45, 2.75) is 6.92 Å². The minimum absolute atomic E-state index is 0.000000000000000222. The van der Waals surface area contributed by atoms with Gasteiger partial charge in [-0.15, -0.1) is 0 Å². The second-order valence-corrected chi connectivity index (χ2v) is 2.04. The third-order valence-electron chi connectivity index (χ3n) is 1.30. The Bertz CT molecular complexity index is 255. The molecule has 1 rings (SSSR count). The van der Waals surface area contributed by atoms with Crippen molar-refractivity contribution in [2.24, 2.45) is 0 Å². The van der Waals surface area contributed by atoms with Gasteiger partial charge in [-0.05, 0) is 18.6 Å². The van der Waals surface area contributed by atoms with Crippen molar-refractivity contribution in [3.05, 3.63) is 35.1 Å². The summed E-state index contributed by atoms with van der Waals surface area (Å²) in [5, 5.41) is 0. The quantitative estimate of drug-likeness (QED) is 0.574. The molecule has 0 atom stereocenters. The number of rotatable bonds is 1. The van der Waals surface area contributed by atoms with E-state index < -0.39 is 5.82 Å². The molecule has 0 aliphatic rings. The molecule has 1 aromatic rings. The summed E-state index contributed by atoms with van der Waals surface area (Å²) >= 11 is 0. The molecular weight excluding hydrogens is 131 g/mol. The lowest BCUT2D eigenvalue weighted by Gasteiger charge is -1.95. The first-order valence-electron chi connectivity index (χ1n) is 2.89. The van der Waals surface area contributed by atoms with Gasteiger partial charge >= 0.3 is 0 Å². The summed E-state index contributed by atoms with van der Waals surface area (Å²) in [6.07, 6.45) is 1.51. The van der Waals surface area contributed by atoms with E-state index in [2.05, 4.69) is 0 Å². The van der Waals surface area contributed by atoms with Crippen molar-refractivity contribution >= 4 is 6.29 Å². The molecule has 0 aliphatic heterocycles. The summed E-state index contributed by atoms with van der Waals surface area (Å²) in [7, 11) is 0. The zero-order chi connectivity index (χ0) is 7.56. The van der Waals surface area contributed by atoms with Crippen LogP contribution in [0.1, 0.15) is 11.1 Å². The zero-order valence-corrected chi connectivity index (χ0v) is 5.52. The molecule has 0 heterocycles. The van der Waals surface area contributed by atoms with E-state index in [9.17, 15) is 9.18 Å². The van der Waals surface area contributed by atoms with Crippen molar-refractivity contribution in [3.8, 4) is 0 Å². The fraction of sp³-hybridized carbons (Fsp3) is 0.125. The molecule has 0 aliphatic carbocycles.